The van der Waals surface area contributed by atoms with Gasteiger partial charge in [0.25, 0.3) is 5.91 Å². The van der Waals surface area contributed by atoms with Crippen molar-refractivity contribution in [1.29, 1.82) is 0 Å². The van der Waals surface area contributed by atoms with Crippen LogP contribution in [-0.2, 0) is 16.4 Å². The summed E-state index contributed by atoms with van der Waals surface area (Å²) >= 11 is 0. The highest BCUT2D eigenvalue weighted by Crippen LogP contribution is 2.28. The van der Waals surface area contributed by atoms with E-state index in [1.807, 2.05) is 31.2 Å². The lowest BCUT2D eigenvalue weighted by Crippen LogP contribution is -2.37. The summed E-state index contributed by atoms with van der Waals surface area (Å²) < 4.78 is 49.3. The van der Waals surface area contributed by atoms with Crippen LogP contribution in [0.3, 0.4) is 0 Å². The quantitative estimate of drug-likeness (QED) is 0.374. The van der Waals surface area contributed by atoms with Gasteiger partial charge in [-0.3, -0.25) is 15.6 Å². The Morgan fingerprint density at radius 1 is 0.971 bits per heavy atom. The molecular formula is C25H23FN2O5S. The van der Waals surface area contributed by atoms with Gasteiger partial charge in [0.2, 0.25) is 0 Å². The number of sulfone groups is 1. The Kier molecular flexibility index (Phi) is 6.83. The van der Waals surface area contributed by atoms with E-state index in [9.17, 15) is 17.6 Å². The molecule has 1 aliphatic rings. The number of amides is 1. The highest BCUT2D eigenvalue weighted by atomic mass is 32.2. The molecule has 176 valence electrons. The third kappa shape index (κ3) is 5.37. The van der Waals surface area contributed by atoms with Crippen LogP contribution in [0.4, 0.5) is 4.39 Å². The van der Waals surface area contributed by atoms with Crippen LogP contribution < -0.4 is 20.3 Å². The van der Waals surface area contributed by atoms with Gasteiger partial charge < -0.3 is 9.47 Å². The number of hydrazine groups is 1. The van der Waals surface area contributed by atoms with Crippen LogP contribution in [0.15, 0.2) is 77.7 Å². The number of rotatable bonds is 8. The minimum Gasteiger partial charge on any atom is -0.494 e. The van der Waals surface area contributed by atoms with Crippen LogP contribution in [0.25, 0.3) is 5.70 Å². The molecule has 0 saturated carbocycles. The second-order valence-corrected chi connectivity index (χ2v) is 9.51. The molecule has 0 aliphatic carbocycles. The molecule has 1 aliphatic heterocycles. The van der Waals surface area contributed by atoms with E-state index in [0.29, 0.717) is 30.2 Å². The molecule has 3 aromatic carbocycles. The van der Waals surface area contributed by atoms with E-state index in [1.165, 1.54) is 12.1 Å². The van der Waals surface area contributed by atoms with Gasteiger partial charge >= 0.3 is 0 Å². The predicted octanol–water partition coefficient (Wildman–Crippen LogP) is 3.87. The highest BCUT2D eigenvalue weighted by Gasteiger charge is 2.25. The Balaban J connectivity index is 1.34. The smallest absolute Gasteiger partial charge is 0.269 e. The molecule has 7 nitrogen and oxygen atoms in total. The van der Waals surface area contributed by atoms with Crippen LogP contribution in [0.2, 0.25) is 0 Å². The third-order valence-corrected chi connectivity index (χ3v) is 6.77. The van der Waals surface area contributed by atoms with E-state index < -0.39 is 21.6 Å². The lowest BCUT2D eigenvalue weighted by molar-refractivity contribution is 0.0942. The van der Waals surface area contributed by atoms with Crippen LogP contribution >= 0.6 is 0 Å². The zero-order chi connectivity index (χ0) is 24.1. The van der Waals surface area contributed by atoms with Crippen molar-refractivity contribution in [3.05, 3.63) is 95.3 Å². The van der Waals surface area contributed by atoms with Crippen molar-refractivity contribution in [2.24, 2.45) is 0 Å². The number of carbonyl (C=O) groups is 1. The Morgan fingerprint density at radius 3 is 2.32 bits per heavy atom. The SMILES string of the molecule is CCOc1ccc(OCc2ccc(C(=O)NNC3=CCS(=O)(=O)c4ccc(F)cc43)cc2)cc1. The summed E-state index contributed by atoms with van der Waals surface area (Å²) in [5.41, 5.74) is 7.00. The van der Waals surface area contributed by atoms with E-state index in [1.54, 1.807) is 24.3 Å². The van der Waals surface area contributed by atoms with Crippen LogP contribution in [0, 0.1) is 5.82 Å². The number of ether oxygens (including phenoxy) is 2. The van der Waals surface area contributed by atoms with E-state index in [-0.39, 0.29) is 16.2 Å². The van der Waals surface area contributed by atoms with Crippen molar-refractivity contribution >= 4 is 21.4 Å². The molecule has 3 aromatic rings. The van der Waals surface area contributed by atoms with Gasteiger partial charge in [0, 0.05) is 11.1 Å². The molecule has 0 saturated heterocycles. The molecule has 2 N–H and O–H groups in total. The minimum atomic E-state index is -3.53. The molecule has 1 amide bonds. The summed E-state index contributed by atoms with van der Waals surface area (Å²) in [6.45, 7) is 2.85. The van der Waals surface area contributed by atoms with E-state index in [4.69, 9.17) is 9.47 Å². The zero-order valence-electron chi connectivity index (χ0n) is 18.4. The van der Waals surface area contributed by atoms with Gasteiger partial charge in [0.05, 0.1) is 23.0 Å². The van der Waals surface area contributed by atoms with Gasteiger partial charge in [-0.2, -0.15) is 0 Å². The molecule has 0 unspecified atom stereocenters. The Labute approximate surface area is 197 Å². The monoisotopic (exact) mass is 482 g/mol. The average Bonchev–Trinajstić information content (AvgIpc) is 2.83. The first-order valence-electron chi connectivity index (χ1n) is 10.6. The fraction of sp³-hybridized carbons (Fsp3) is 0.160. The van der Waals surface area contributed by atoms with Gasteiger partial charge in [-0.1, -0.05) is 12.1 Å². The molecule has 9 heteroatoms. The fourth-order valence-corrected chi connectivity index (χ4v) is 4.75. The number of hydrogen-bond acceptors (Lipinski definition) is 6. The van der Waals surface area contributed by atoms with Gasteiger partial charge in [-0.25, -0.2) is 12.8 Å². The van der Waals surface area contributed by atoms with Crippen molar-refractivity contribution in [2.45, 2.75) is 18.4 Å². The van der Waals surface area contributed by atoms with Crippen LogP contribution in [0.5, 0.6) is 11.5 Å². The fourth-order valence-electron chi connectivity index (χ4n) is 3.41. The summed E-state index contributed by atoms with van der Waals surface area (Å²) in [6, 6.07) is 17.6. The molecule has 0 fully saturated rings. The van der Waals surface area contributed by atoms with Crippen molar-refractivity contribution in [2.75, 3.05) is 12.4 Å². The largest absolute Gasteiger partial charge is 0.494 e. The Morgan fingerprint density at radius 2 is 1.65 bits per heavy atom. The van der Waals surface area contributed by atoms with Crippen molar-refractivity contribution in [1.82, 2.24) is 10.9 Å². The maximum Gasteiger partial charge on any atom is 0.269 e. The average molecular weight is 483 g/mol. The van der Waals surface area contributed by atoms with Crippen LogP contribution in [0.1, 0.15) is 28.4 Å². The van der Waals surface area contributed by atoms with Gasteiger partial charge in [0.1, 0.15) is 23.9 Å². The van der Waals surface area contributed by atoms with E-state index >= 15 is 0 Å². The second-order valence-electron chi connectivity index (χ2n) is 7.51. The normalized spacial score (nSPS) is 13.9. The predicted molar refractivity (Wildman–Crippen MR) is 125 cm³/mol. The second kappa shape index (κ2) is 9.96. The molecule has 34 heavy (non-hydrogen) atoms. The molecule has 0 radical (unpaired) electrons. The van der Waals surface area contributed by atoms with E-state index in [0.717, 1.165) is 23.4 Å². The Hall–Kier alpha value is -3.85. The maximum atomic E-state index is 13.7. The number of carbonyl (C=O) groups excluding carboxylic acids is 1. The number of fused-ring (bicyclic) bond motifs is 1. The molecular weight excluding hydrogens is 459 g/mol. The highest BCUT2D eigenvalue weighted by molar-refractivity contribution is 7.91. The first kappa shape index (κ1) is 23.3. The third-order valence-electron chi connectivity index (χ3n) is 5.14. The molecule has 4 rings (SSSR count). The number of halogens is 1. The lowest BCUT2D eigenvalue weighted by Gasteiger charge is -2.20. The van der Waals surface area contributed by atoms with Crippen molar-refractivity contribution < 1.29 is 27.1 Å². The molecule has 0 aromatic heterocycles. The summed E-state index contributed by atoms with van der Waals surface area (Å²) in [5.74, 6) is 0.239. The topological polar surface area (TPSA) is 93.7 Å². The lowest BCUT2D eigenvalue weighted by atomic mass is 10.1. The number of hydrogen-bond donors (Lipinski definition) is 2. The maximum absolute atomic E-state index is 13.7. The van der Waals surface area contributed by atoms with Crippen molar-refractivity contribution in [3.8, 4) is 11.5 Å². The van der Waals surface area contributed by atoms with Gasteiger partial charge in [-0.05, 0) is 73.2 Å². The molecule has 0 atom stereocenters. The van der Waals surface area contributed by atoms with Crippen LogP contribution in [-0.4, -0.2) is 26.7 Å². The van der Waals surface area contributed by atoms with Crippen molar-refractivity contribution in [3.63, 3.8) is 0 Å². The first-order chi connectivity index (χ1) is 16.4. The summed E-state index contributed by atoms with van der Waals surface area (Å²) in [7, 11) is -3.53. The standard InChI is InChI=1S/C25H23FN2O5S/c1-2-32-20-8-10-21(11-9-20)33-16-17-3-5-18(6-4-17)25(29)28-27-23-13-14-34(30,31)24-12-7-19(26)15-22(23)24/h3-13,15,27H,2,14,16H2,1H3,(H,28,29). The summed E-state index contributed by atoms with van der Waals surface area (Å²) in [6.07, 6.45) is 1.40. The zero-order valence-corrected chi connectivity index (χ0v) is 19.2. The summed E-state index contributed by atoms with van der Waals surface area (Å²) in [4.78, 5) is 12.6. The number of benzene rings is 3. The Bertz CT molecular complexity index is 1320. The minimum absolute atomic E-state index is 0.0185. The van der Waals surface area contributed by atoms with E-state index in [2.05, 4.69) is 10.9 Å². The first-order valence-corrected chi connectivity index (χ1v) is 12.2. The van der Waals surface area contributed by atoms with Gasteiger partial charge in [0.15, 0.2) is 9.84 Å². The summed E-state index contributed by atoms with van der Waals surface area (Å²) in [5, 5.41) is 0. The molecule has 0 spiro atoms. The molecule has 1 heterocycles. The molecule has 0 bridgehead atoms. The van der Waals surface area contributed by atoms with Gasteiger partial charge in [-0.15, -0.1) is 0 Å². The number of nitrogens with one attached hydrogen (secondary N) is 2.